The summed E-state index contributed by atoms with van der Waals surface area (Å²) in [6, 6.07) is 16.8. The summed E-state index contributed by atoms with van der Waals surface area (Å²) < 4.78 is 25.1. The maximum Gasteiger partial charge on any atom is 0.183 e. The van der Waals surface area contributed by atoms with Crippen LogP contribution in [0.15, 0.2) is 48.5 Å². The second-order valence-corrected chi connectivity index (χ2v) is 14.0. The van der Waals surface area contributed by atoms with E-state index in [9.17, 15) is 5.11 Å². The lowest BCUT2D eigenvalue weighted by molar-refractivity contribution is -0.918. The van der Waals surface area contributed by atoms with Crippen molar-refractivity contribution in [3.63, 3.8) is 0 Å². The number of hydrogen-bond acceptors (Lipinski definition) is 5. The lowest BCUT2D eigenvalue weighted by Crippen LogP contribution is -2.46. The Kier molecular flexibility index (Phi) is 11.8. The zero-order valence-corrected chi connectivity index (χ0v) is 27.0. The third kappa shape index (κ3) is 11.0. The number of aliphatic hydroxyl groups excluding tert-OH is 1. The summed E-state index contributed by atoms with van der Waals surface area (Å²) in [6.07, 6.45) is 3.49. The van der Waals surface area contributed by atoms with Gasteiger partial charge in [-0.25, -0.2) is 0 Å². The number of nitrogens with zero attached hydrogens (tertiary/aromatic N) is 1. The SMILES string of the molecule is Cc1ccc(C(C)(C)c2ccc(OCC(O)COCCC(C)(C)OCCC(C)(C)OC[N+]3(C)CCCC3)cc2)cc1. The fourth-order valence-electron chi connectivity index (χ4n) is 5.16. The van der Waals surface area contributed by atoms with Gasteiger partial charge in [0, 0.05) is 24.9 Å². The Morgan fingerprint density at radius 2 is 1.29 bits per heavy atom. The predicted octanol–water partition coefficient (Wildman–Crippen LogP) is 6.65. The number of likely N-dealkylation sites (tertiary alicyclic amines) is 1. The summed E-state index contributed by atoms with van der Waals surface area (Å²) in [5, 5.41) is 10.4. The van der Waals surface area contributed by atoms with E-state index in [2.05, 4.69) is 91.9 Å². The molecule has 230 valence electrons. The molecule has 3 rings (SSSR count). The van der Waals surface area contributed by atoms with Crippen LogP contribution in [0.5, 0.6) is 5.75 Å². The first kappa shape index (κ1) is 33.5. The molecular weight excluding hydrogens is 514 g/mol. The van der Waals surface area contributed by atoms with Crippen molar-refractivity contribution in [3.05, 3.63) is 65.2 Å². The minimum atomic E-state index is -0.694. The molecule has 41 heavy (non-hydrogen) atoms. The molecule has 1 heterocycles. The zero-order valence-electron chi connectivity index (χ0n) is 27.0. The van der Waals surface area contributed by atoms with Gasteiger partial charge in [-0.2, -0.15) is 0 Å². The Morgan fingerprint density at radius 3 is 1.90 bits per heavy atom. The molecule has 2 aromatic rings. The molecule has 1 N–H and O–H groups in total. The number of aryl methyl sites for hydroxylation is 1. The molecule has 6 nitrogen and oxygen atoms in total. The topological polar surface area (TPSA) is 57.2 Å². The Bertz CT molecular complexity index is 1040. The van der Waals surface area contributed by atoms with Crippen LogP contribution >= 0.6 is 0 Å². The van der Waals surface area contributed by atoms with Gasteiger partial charge in [-0.3, -0.25) is 0 Å². The van der Waals surface area contributed by atoms with Crippen molar-refractivity contribution in [2.45, 2.75) is 96.9 Å². The van der Waals surface area contributed by atoms with E-state index >= 15 is 0 Å². The first-order valence-electron chi connectivity index (χ1n) is 15.4. The highest BCUT2D eigenvalue weighted by molar-refractivity contribution is 5.40. The van der Waals surface area contributed by atoms with E-state index < -0.39 is 6.10 Å². The van der Waals surface area contributed by atoms with Crippen LogP contribution in [0.4, 0.5) is 0 Å². The van der Waals surface area contributed by atoms with Gasteiger partial charge < -0.3 is 28.5 Å². The highest BCUT2D eigenvalue weighted by Gasteiger charge is 2.31. The van der Waals surface area contributed by atoms with Crippen LogP contribution in [0, 0.1) is 6.92 Å². The minimum absolute atomic E-state index is 0.103. The smallest absolute Gasteiger partial charge is 0.183 e. The van der Waals surface area contributed by atoms with Gasteiger partial charge in [0.05, 0.1) is 44.6 Å². The Hall–Kier alpha value is -1.96. The van der Waals surface area contributed by atoms with E-state index in [1.165, 1.54) is 42.6 Å². The minimum Gasteiger partial charge on any atom is -0.491 e. The summed E-state index contributed by atoms with van der Waals surface area (Å²) in [5.74, 6) is 0.741. The fourth-order valence-corrected chi connectivity index (χ4v) is 5.16. The third-order valence-corrected chi connectivity index (χ3v) is 8.56. The van der Waals surface area contributed by atoms with Crippen molar-refractivity contribution in [2.24, 2.45) is 0 Å². The van der Waals surface area contributed by atoms with E-state index in [1.54, 1.807) is 0 Å². The molecule has 2 aromatic carbocycles. The molecule has 0 aliphatic carbocycles. The molecule has 1 fully saturated rings. The molecule has 6 heteroatoms. The molecule has 1 atom stereocenters. The van der Waals surface area contributed by atoms with Crippen LogP contribution in [0.25, 0.3) is 0 Å². The van der Waals surface area contributed by atoms with Crippen LogP contribution in [0.1, 0.15) is 83.9 Å². The lowest BCUT2D eigenvalue weighted by atomic mass is 9.78. The molecule has 1 aliphatic heterocycles. The average molecular weight is 571 g/mol. The molecule has 1 unspecified atom stereocenters. The number of rotatable bonds is 17. The van der Waals surface area contributed by atoms with Gasteiger partial charge >= 0.3 is 0 Å². The van der Waals surface area contributed by atoms with Crippen LogP contribution in [-0.4, -0.2) is 80.2 Å². The van der Waals surface area contributed by atoms with Crippen molar-refractivity contribution in [1.29, 1.82) is 0 Å². The quantitative estimate of drug-likeness (QED) is 0.171. The van der Waals surface area contributed by atoms with Gasteiger partial charge in [0.15, 0.2) is 6.73 Å². The van der Waals surface area contributed by atoms with Gasteiger partial charge in [-0.05, 0) is 70.7 Å². The van der Waals surface area contributed by atoms with Crippen LogP contribution < -0.4 is 4.74 Å². The monoisotopic (exact) mass is 570 g/mol. The molecule has 0 radical (unpaired) electrons. The summed E-state index contributed by atoms with van der Waals surface area (Å²) in [5.41, 5.74) is 3.14. The van der Waals surface area contributed by atoms with Crippen LogP contribution in [-0.2, 0) is 19.6 Å². The molecular formula is C35H56NO5+. The Balaban J connectivity index is 1.30. The third-order valence-electron chi connectivity index (χ3n) is 8.56. The lowest BCUT2D eigenvalue weighted by Gasteiger charge is -2.34. The van der Waals surface area contributed by atoms with E-state index in [4.69, 9.17) is 18.9 Å². The van der Waals surface area contributed by atoms with E-state index in [0.717, 1.165) is 29.8 Å². The molecule has 0 aromatic heterocycles. The van der Waals surface area contributed by atoms with E-state index in [0.29, 0.717) is 13.2 Å². The second kappa shape index (κ2) is 14.5. The molecule has 1 saturated heterocycles. The van der Waals surface area contributed by atoms with Gasteiger partial charge in [-0.1, -0.05) is 55.8 Å². The molecule has 0 bridgehead atoms. The summed E-state index contributed by atoms with van der Waals surface area (Å²) >= 11 is 0. The van der Waals surface area contributed by atoms with Gasteiger partial charge in [-0.15, -0.1) is 0 Å². The maximum absolute atomic E-state index is 10.4. The number of benzene rings is 2. The Labute approximate surface area is 249 Å². The number of ether oxygens (including phenoxy) is 4. The highest BCUT2D eigenvalue weighted by Crippen LogP contribution is 2.32. The highest BCUT2D eigenvalue weighted by atomic mass is 16.5. The fraction of sp³-hybridized carbons (Fsp3) is 0.657. The first-order valence-corrected chi connectivity index (χ1v) is 15.4. The van der Waals surface area contributed by atoms with Gasteiger partial charge in [0.25, 0.3) is 0 Å². The molecule has 0 saturated carbocycles. The molecule has 0 amide bonds. The van der Waals surface area contributed by atoms with Crippen LogP contribution in [0.2, 0.25) is 0 Å². The number of quaternary nitrogens is 1. The van der Waals surface area contributed by atoms with Crippen molar-refractivity contribution in [2.75, 3.05) is 53.3 Å². The van der Waals surface area contributed by atoms with E-state index in [1.807, 2.05) is 12.1 Å². The van der Waals surface area contributed by atoms with Gasteiger partial charge in [0.2, 0.25) is 0 Å². The van der Waals surface area contributed by atoms with E-state index in [-0.39, 0.29) is 29.8 Å². The predicted molar refractivity (Wildman–Crippen MR) is 167 cm³/mol. The summed E-state index contributed by atoms with van der Waals surface area (Å²) in [7, 11) is 2.29. The van der Waals surface area contributed by atoms with Crippen molar-refractivity contribution in [1.82, 2.24) is 0 Å². The normalized spacial score (nSPS) is 16.6. The number of aliphatic hydroxyl groups is 1. The second-order valence-electron chi connectivity index (χ2n) is 14.0. The summed E-state index contributed by atoms with van der Waals surface area (Å²) in [6.45, 7) is 19.8. The van der Waals surface area contributed by atoms with Crippen molar-refractivity contribution in [3.8, 4) is 5.75 Å². The molecule has 1 aliphatic rings. The maximum atomic E-state index is 10.4. The standard InChI is InChI=1S/C35H56NO5/c1-28-11-13-29(14-12-28)35(6,7)30-15-17-32(18-16-30)39-26-31(37)25-38-23-19-33(2,3)40-24-20-34(4,5)41-27-36(8)21-9-10-22-36/h11-18,31,37H,9-10,19-27H2,1-8H3/q+1. The molecule has 0 spiro atoms. The van der Waals surface area contributed by atoms with Crippen molar-refractivity contribution < 1.29 is 28.5 Å². The number of hydrogen-bond donors (Lipinski definition) is 1. The first-order chi connectivity index (χ1) is 19.2. The Morgan fingerprint density at radius 1 is 0.756 bits per heavy atom. The van der Waals surface area contributed by atoms with Crippen molar-refractivity contribution >= 4 is 0 Å². The van der Waals surface area contributed by atoms with Crippen LogP contribution in [0.3, 0.4) is 0 Å². The zero-order chi connectivity index (χ0) is 30.2. The summed E-state index contributed by atoms with van der Waals surface area (Å²) in [4.78, 5) is 0. The van der Waals surface area contributed by atoms with Gasteiger partial charge in [0.1, 0.15) is 18.5 Å². The largest absolute Gasteiger partial charge is 0.491 e. The average Bonchev–Trinajstić information content (AvgIpc) is 3.36.